The average Bonchev–Trinajstić information content (AvgIpc) is 3.03. The van der Waals surface area contributed by atoms with Crippen molar-refractivity contribution in [2.75, 3.05) is 0 Å². The molecule has 5 nitrogen and oxygen atoms in total. The molecule has 0 atom stereocenters. The van der Waals surface area contributed by atoms with E-state index in [1.165, 1.54) is 6.26 Å². The van der Waals surface area contributed by atoms with Crippen LogP contribution in [0.2, 0.25) is 0 Å². The van der Waals surface area contributed by atoms with Crippen LogP contribution in [0, 0.1) is 0 Å². The monoisotopic (exact) mass is 293 g/mol. The molecule has 0 saturated heterocycles. The number of aromatic nitrogens is 2. The molecule has 0 unspecified atom stereocenters. The van der Waals surface area contributed by atoms with E-state index in [0.717, 1.165) is 11.3 Å². The molecule has 5 heteroatoms. The lowest BCUT2D eigenvalue weighted by Gasteiger charge is -2.02. The zero-order chi connectivity index (χ0) is 15.2. The van der Waals surface area contributed by atoms with Gasteiger partial charge < -0.3 is 9.73 Å². The molecule has 0 aliphatic carbocycles. The number of carbonyl (C=O) groups excluding carboxylic acids is 1. The number of oxazole rings is 1. The minimum atomic E-state index is -0.112. The molecule has 3 aromatic rings. The van der Waals surface area contributed by atoms with Gasteiger partial charge in [0.15, 0.2) is 0 Å². The second-order valence-electron chi connectivity index (χ2n) is 4.78. The van der Waals surface area contributed by atoms with Crippen molar-refractivity contribution in [1.29, 1.82) is 0 Å². The van der Waals surface area contributed by atoms with E-state index in [9.17, 15) is 4.79 Å². The molecule has 1 amide bonds. The Morgan fingerprint density at radius 1 is 1.05 bits per heavy atom. The summed E-state index contributed by atoms with van der Waals surface area (Å²) in [4.78, 5) is 20.4. The summed E-state index contributed by atoms with van der Waals surface area (Å²) in [6, 6.07) is 15.2. The van der Waals surface area contributed by atoms with E-state index in [4.69, 9.17) is 4.42 Å². The quantitative estimate of drug-likeness (QED) is 0.785. The number of pyridine rings is 1. The van der Waals surface area contributed by atoms with Crippen molar-refractivity contribution in [3.8, 4) is 11.5 Å². The predicted molar refractivity (Wildman–Crippen MR) is 81.7 cm³/mol. The lowest BCUT2D eigenvalue weighted by Crippen LogP contribution is -2.25. The van der Waals surface area contributed by atoms with Gasteiger partial charge in [-0.1, -0.05) is 24.3 Å². The van der Waals surface area contributed by atoms with E-state index in [0.29, 0.717) is 18.1 Å². The third-order valence-corrected chi connectivity index (χ3v) is 3.11. The summed E-state index contributed by atoms with van der Waals surface area (Å²) >= 11 is 0. The number of nitrogens with one attached hydrogen (secondary N) is 1. The molecule has 0 bridgehead atoms. The van der Waals surface area contributed by atoms with Crippen LogP contribution < -0.4 is 5.32 Å². The van der Waals surface area contributed by atoms with Gasteiger partial charge in [-0.3, -0.25) is 9.78 Å². The van der Waals surface area contributed by atoms with Crippen LogP contribution in [0.15, 0.2) is 65.4 Å². The molecule has 0 aliphatic heterocycles. The van der Waals surface area contributed by atoms with Crippen LogP contribution in [0.1, 0.15) is 11.4 Å². The Kier molecular flexibility index (Phi) is 4.25. The number of carbonyl (C=O) groups is 1. The zero-order valence-electron chi connectivity index (χ0n) is 11.9. The first-order chi connectivity index (χ1) is 10.8. The van der Waals surface area contributed by atoms with Gasteiger partial charge in [-0.05, 0) is 24.3 Å². The summed E-state index contributed by atoms with van der Waals surface area (Å²) in [6.45, 7) is 0.406. The van der Waals surface area contributed by atoms with Crippen LogP contribution in [0.4, 0.5) is 0 Å². The Hall–Kier alpha value is -2.95. The summed E-state index contributed by atoms with van der Waals surface area (Å²) in [5.41, 5.74) is 2.32. The topological polar surface area (TPSA) is 68.0 Å². The summed E-state index contributed by atoms with van der Waals surface area (Å²) < 4.78 is 5.41. The Bertz CT molecular complexity index is 739. The van der Waals surface area contributed by atoms with Crippen molar-refractivity contribution < 1.29 is 9.21 Å². The molecule has 0 spiro atoms. The summed E-state index contributed by atoms with van der Waals surface area (Å²) in [5.74, 6) is 0.409. The smallest absolute Gasteiger partial charge is 0.226 e. The predicted octanol–water partition coefficient (Wildman–Crippen LogP) is 2.60. The lowest BCUT2D eigenvalue weighted by molar-refractivity contribution is -0.120. The average molecular weight is 293 g/mol. The summed E-state index contributed by atoms with van der Waals surface area (Å²) in [6.07, 6.45) is 3.40. The van der Waals surface area contributed by atoms with Crippen molar-refractivity contribution in [2.45, 2.75) is 13.0 Å². The Morgan fingerprint density at radius 3 is 2.64 bits per heavy atom. The highest BCUT2D eigenvalue weighted by molar-refractivity contribution is 5.78. The normalized spacial score (nSPS) is 10.4. The maximum Gasteiger partial charge on any atom is 0.226 e. The maximum atomic E-state index is 11.9. The molecule has 0 aliphatic rings. The highest BCUT2D eigenvalue weighted by atomic mass is 16.3. The van der Waals surface area contributed by atoms with Gasteiger partial charge in [0.2, 0.25) is 11.8 Å². The van der Waals surface area contributed by atoms with Crippen molar-refractivity contribution >= 4 is 5.91 Å². The summed E-state index contributed by atoms with van der Waals surface area (Å²) in [7, 11) is 0. The van der Waals surface area contributed by atoms with Crippen LogP contribution in [0.25, 0.3) is 11.5 Å². The van der Waals surface area contributed by atoms with Gasteiger partial charge >= 0.3 is 0 Å². The van der Waals surface area contributed by atoms with E-state index in [1.807, 2.05) is 48.5 Å². The molecule has 110 valence electrons. The minimum Gasteiger partial charge on any atom is -0.444 e. The molecular weight excluding hydrogens is 278 g/mol. The second kappa shape index (κ2) is 6.67. The van der Waals surface area contributed by atoms with Crippen molar-refractivity contribution in [2.24, 2.45) is 0 Å². The van der Waals surface area contributed by atoms with Gasteiger partial charge in [0.05, 0.1) is 24.4 Å². The fourth-order valence-corrected chi connectivity index (χ4v) is 2.02. The minimum absolute atomic E-state index is 0.112. The van der Waals surface area contributed by atoms with Gasteiger partial charge in [0.25, 0.3) is 0 Å². The summed E-state index contributed by atoms with van der Waals surface area (Å²) in [5, 5.41) is 2.81. The number of nitrogens with zero attached hydrogens (tertiary/aromatic N) is 2. The number of benzene rings is 1. The first kappa shape index (κ1) is 14.0. The van der Waals surface area contributed by atoms with Gasteiger partial charge in [-0.25, -0.2) is 4.98 Å². The highest BCUT2D eigenvalue weighted by Crippen LogP contribution is 2.17. The number of hydrogen-bond donors (Lipinski definition) is 1. The Balaban J connectivity index is 1.57. The van der Waals surface area contributed by atoms with Gasteiger partial charge in [-0.2, -0.15) is 0 Å². The van der Waals surface area contributed by atoms with Crippen molar-refractivity contribution in [3.05, 3.63) is 72.4 Å². The van der Waals surface area contributed by atoms with E-state index in [1.54, 1.807) is 6.20 Å². The van der Waals surface area contributed by atoms with Crippen LogP contribution in [0.5, 0.6) is 0 Å². The van der Waals surface area contributed by atoms with Gasteiger partial charge in [0, 0.05) is 11.8 Å². The van der Waals surface area contributed by atoms with Crippen LogP contribution >= 0.6 is 0 Å². The van der Waals surface area contributed by atoms with Crippen LogP contribution in [-0.2, 0) is 17.8 Å². The Morgan fingerprint density at radius 2 is 1.86 bits per heavy atom. The lowest BCUT2D eigenvalue weighted by atomic mass is 10.2. The van der Waals surface area contributed by atoms with Crippen LogP contribution in [-0.4, -0.2) is 15.9 Å². The first-order valence-corrected chi connectivity index (χ1v) is 6.98. The largest absolute Gasteiger partial charge is 0.444 e. The molecule has 1 N–H and O–H groups in total. The fourth-order valence-electron chi connectivity index (χ4n) is 2.02. The Labute approximate surface area is 128 Å². The molecule has 1 aromatic carbocycles. The van der Waals surface area contributed by atoms with Crippen molar-refractivity contribution in [1.82, 2.24) is 15.3 Å². The SMILES string of the molecule is O=C(Cc1coc(-c2ccccc2)n1)NCc1ccccn1. The highest BCUT2D eigenvalue weighted by Gasteiger charge is 2.10. The first-order valence-electron chi connectivity index (χ1n) is 6.98. The fraction of sp³-hybridized carbons (Fsp3) is 0.118. The van der Waals surface area contributed by atoms with Crippen LogP contribution in [0.3, 0.4) is 0 Å². The van der Waals surface area contributed by atoms with E-state index in [-0.39, 0.29) is 12.3 Å². The third kappa shape index (κ3) is 3.58. The molecule has 0 fully saturated rings. The molecule has 2 aromatic heterocycles. The molecule has 0 radical (unpaired) electrons. The molecular formula is C17H15N3O2. The third-order valence-electron chi connectivity index (χ3n) is 3.11. The molecule has 22 heavy (non-hydrogen) atoms. The molecule has 3 rings (SSSR count). The molecule has 2 heterocycles. The number of amides is 1. The number of rotatable bonds is 5. The molecule has 0 saturated carbocycles. The zero-order valence-corrected chi connectivity index (χ0v) is 11.9. The van der Waals surface area contributed by atoms with E-state index < -0.39 is 0 Å². The maximum absolute atomic E-state index is 11.9. The van der Waals surface area contributed by atoms with E-state index >= 15 is 0 Å². The van der Waals surface area contributed by atoms with Crippen molar-refractivity contribution in [3.63, 3.8) is 0 Å². The standard InChI is InChI=1S/C17H15N3O2/c21-16(19-11-14-8-4-5-9-18-14)10-15-12-22-17(20-15)13-6-2-1-3-7-13/h1-9,12H,10-11H2,(H,19,21). The van der Waals surface area contributed by atoms with Gasteiger partial charge in [0.1, 0.15) is 6.26 Å². The number of hydrogen-bond acceptors (Lipinski definition) is 4. The second-order valence-corrected chi connectivity index (χ2v) is 4.78. The van der Waals surface area contributed by atoms with E-state index in [2.05, 4.69) is 15.3 Å². The van der Waals surface area contributed by atoms with Gasteiger partial charge in [-0.15, -0.1) is 0 Å².